The number of nitrogens with zero attached hydrogens (tertiary/aromatic N) is 1. The van der Waals surface area contributed by atoms with E-state index >= 15 is 0 Å². The highest BCUT2D eigenvalue weighted by molar-refractivity contribution is 7.96. The number of hydrogen-bond donors (Lipinski definition) is 2. The van der Waals surface area contributed by atoms with E-state index in [4.69, 9.17) is 17.0 Å². The van der Waals surface area contributed by atoms with Gasteiger partial charge in [0, 0.05) is 6.42 Å². The van der Waals surface area contributed by atoms with Crippen LogP contribution in [0.15, 0.2) is 24.3 Å². The predicted octanol–water partition coefficient (Wildman–Crippen LogP) is 6.09. The van der Waals surface area contributed by atoms with Crippen molar-refractivity contribution in [3.05, 3.63) is 29.3 Å². The van der Waals surface area contributed by atoms with Gasteiger partial charge in [0.2, 0.25) is 0 Å². The third kappa shape index (κ3) is 7.31. The van der Waals surface area contributed by atoms with Crippen molar-refractivity contribution in [3.63, 3.8) is 0 Å². The lowest BCUT2D eigenvalue weighted by Gasteiger charge is -2.15. The Hall–Kier alpha value is -1.02. The van der Waals surface area contributed by atoms with Crippen molar-refractivity contribution in [2.45, 2.75) is 57.8 Å². The number of para-hydroxylation sites is 1. The summed E-state index contributed by atoms with van der Waals surface area (Å²) in [5.41, 5.74) is 0.929. The second-order valence-corrected chi connectivity index (χ2v) is 8.07. The number of hydrogen-bond acceptors (Lipinski definition) is 6. The average molecular weight is 413 g/mol. The van der Waals surface area contributed by atoms with Crippen LogP contribution in [0.5, 0.6) is 0 Å². The molecule has 2 rings (SSSR count). The van der Waals surface area contributed by atoms with Crippen LogP contribution in [-0.4, -0.2) is 21.8 Å². The maximum atomic E-state index is 11.5. The van der Waals surface area contributed by atoms with Gasteiger partial charge in [-0.15, -0.1) is 24.0 Å². The molecule has 0 saturated heterocycles. The molecule has 0 aliphatic rings. The summed E-state index contributed by atoms with van der Waals surface area (Å²) in [7, 11) is 0. The lowest BCUT2D eigenvalue weighted by atomic mass is 10.1. The Morgan fingerprint density at radius 3 is 2.62 bits per heavy atom. The molecule has 1 heterocycles. The number of thiazole rings is 1. The van der Waals surface area contributed by atoms with Crippen molar-refractivity contribution in [3.8, 4) is 0 Å². The molecule has 7 heteroatoms. The minimum Gasteiger partial charge on any atom is -0.486 e. The summed E-state index contributed by atoms with van der Waals surface area (Å²) >= 11 is 10.9. The van der Waals surface area contributed by atoms with E-state index in [-0.39, 0.29) is 23.6 Å². The fraction of sp³-hybridized carbons (Fsp3) is 0.526. The van der Waals surface area contributed by atoms with Gasteiger partial charge in [0.05, 0.1) is 22.7 Å². The summed E-state index contributed by atoms with van der Waals surface area (Å²) in [6.07, 6.45) is 7.43. The molecule has 0 spiro atoms. The summed E-state index contributed by atoms with van der Waals surface area (Å²) in [4.78, 5) is 16.2. The molecule has 0 radical (unpaired) electrons. The second-order valence-electron chi connectivity index (χ2n) is 6.11. The number of fused-ring (bicyclic) bond motifs is 1. The largest absolute Gasteiger partial charge is 0.486 e. The van der Waals surface area contributed by atoms with E-state index in [9.17, 15) is 4.79 Å². The zero-order chi connectivity index (χ0) is 18.1. The van der Waals surface area contributed by atoms with Crippen LogP contribution in [0.25, 0.3) is 10.2 Å². The normalized spacial score (nSPS) is 11.8. The Morgan fingerprint density at radius 1 is 1.23 bits per heavy atom. The molecule has 0 bridgehead atoms. The molecule has 3 N–H and O–H groups in total. The summed E-state index contributed by atoms with van der Waals surface area (Å²) in [6.45, 7) is 2.82. The quantitative estimate of drug-likeness (QED) is 0.265. The standard InChI is InChI=1S/C19H25NO2S3.H3N/c1-2-3-4-5-6-9-12-22-19(24)14(13-17(21)23)18-20-15-10-7-8-11-16(15)25-18;/h7-8,10-11,14H,2-6,9,12-13H2,1H3,(H,21,23);1H3. The molecule has 0 saturated carbocycles. The molecule has 1 atom stereocenters. The number of unbranched alkanes of at least 4 members (excludes halogenated alkanes) is 5. The van der Waals surface area contributed by atoms with E-state index in [0.29, 0.717) is 11.7 Å². The number of aromatic nitrogens is 1. The molecule has 2 aromatic rings. The highest BCUT2D eigenvalue weighted by atomic mass is 32.1. The van der Waals surface area contributed by atoms with Gasteiger partial charge >= 0.3 is 0 Å². The third-order valence-corrected chi connectivity index (χ3v) is 5.75. The van der Waals surface area contributed by atoms with E-state index in [1.165, 1.54) is 25.7 Å². The van der Waals surface area contributed by atoms with Crippen molar-refractivity contribution in [1.29, 1.82) is 0 Å². The molecular weight excluding hydrogens is 384 g/mol. The molecule has 0 fully saturated rings. The number of thiol groups is 1. The van der Waals surface area contributed by atoms with Gasteiger partial charge in [-0.05, 0) is 30.8 Å². The van der Waals surface area contributed by atoms with Crippen molar-refractivity contribution >= 4 is 56.6 Å². The Bertz CT molecular complexity index is 670. The summed E-state index contributed by atoms with van der Waals surface area (Å²) in [5, 5.41) is 1.08. The number of ether oxygens (including phenoxy) is 1. The van der Waals surface area contributed by atoms with Gasteiger partial charge in [0.15, 0.2) is 10.2 Å². The molecule has 26 heavy (non-hydrogen) atoms. The molecule has 0 aliphatic carbocycles. The van der Waals surface area contributed by atoms with Gasteiger partial charge in [-0.2, -0.15) is 0 Å². The Labute approximate surface area is 170 Å². The van der Waals surface area contributed by atoms with Gasteiger partial charge in [-0.1, -0.05) is 51.2 Å². The van der Waals surface area contributed by atoms with Gasteiger partial charge < -0.3 is 10.9 Å². The maximum Gasteiger partial charge on any atom is 0.187 e. The van der Waals surface area contributed by atoms with Crippen molar-refractivity contribution in [1.82, 2.24) is 11.1 Å². The average Bonchev–Trinajstić information content (AvgIpc) is 3.02. The molecule has 0 amide bonds. The number of rotatable bonds is 11. The molecular formula is C19H28N2O2S3. The lowest BCUT2D eigenvalue weighted by Crippen LogP contribution is -2.16. The summed E-state index contributed by atoms with van der Waals surface area (Å²) in [5.74, 6) is -0.294. The van der Waals surface area contributed by atoms with Gasteiger partial charge in [-0.25, -0.2) is 4.98 Å². The van der Waals surface area contributed by atoms with Crippen molar-refractivity contribution in [2.75, 3.05) is 6.61 Å². The topological polar surface area (TPSA) is 74.2 Å². The van der Waals surface area contributed by atoms with E-state index in [2.05, 4.69) is 24.5 Å². The Balaban J connectivity index is 0.00000338. The van der Waals surface area contributed by atoms with Gasteiger partial charge in [0.1, 0.15) is 5.01 Å². The van der Waals surface area contributed by atoms with E-state index < -0.39 is 0 Å². The first-order valence-electron chi connectivity index (χ1n) is 8.85. The molecule has 4 nitrogen and oxygen atoms in total. The van der Waals surface area contributed by atoms with Gasteiger partial charge in [0.25, 0.3) is 0 Å². The second kappa shape index (κ2) is 12.4. The lowest BCUT2D eigenvalue weighted by molar-refractivity contribution is -0.110. The van der Waals surface area contributed by atoms with Crippen LogP contribution in [0.3, 0.4) is 0 Å². The van der Waals surface area contributed by atoms with Crippen LogP contribution in [0.4, 0.5) is 0 Å². The van der Waals surface area contributed by atoms with Crippen LogP contribution >= 0.6 is 36.2 Å². The first-order valence-corrected chi connectivity index (χ1v) is 10.5. The van der Waals surface area contributed by atoms with Crippen molar-refractivity contribution < 1.29 is 9.53 Å². The zero-order valence-corrected chi connectivity index (χ0v) is 17.8. The van der Waals surface area contributed by atoms with Crippen LogP contribution < -0.4 is 6.15 Å². The first kappa shape index (κ1) is 23.0. The fourth-order valence-electron chi connectivity index (χ4n) is 2.64. The number of thiocarbonyl (C=S) groups is 1. The van der Waals surface area contributed by atoms with E-state index in [1.807, 2.05) is 24.3 Å². The Morgan fingerprint density at radius 2 is 1.92 bits per heavy atom. The van der Waals surface area contributed by atoms with Crippen LogP contribution in [0, 0.1) is 0 Å². The predicted molar refractivity (Wildman–Crippen MR) is 118 cm³/mol. The molecule has 144 valence electrons. The molecule has 1 aromatic heterocycles. The minimum absolute atomic E-state index is 0. The summed E-state index contributed by atoms with van der Waals surface area (Å²) < 4.78 is 6.86. The molecule has 1 unspecified atom stereocenters. The summed E-state index contributed by atoms with van der Waals surface area (Å²) in [6, 6.07) is 7.93. The van der Waals surface area contributed by atoms with E-state index in [0.717, 1.165) is 28.1 Å². The molecule has 1 aromatic carbocycles. The Kier molecular flexibility index (Phi) is 11.0. The van der Waals surface area contributed by atoms with Crippen LogP contribution in [0.1, 0.15) is 62.8 Å². The number of benzene rings is 1. The SMILES string of the molecule is CCCCCCCCOC(=S)C(CC(=O)S)c1nc2ccccc2s1.N. The van der Waals surface area contributed by atoms with Gasteiger partial charge in [-0.3, -0.25) is 4.79 Å². The van der Waals surface area contributed by atoms with Crippen LogP contribution in [0.2, 0.25) is 0 Å². The third-order valence-electron chi connectivity index (χ3n) is 4.01. The monoisotopic (exact) mass is 412 g/mol. The highest BCUT2D eigenvalue weighted by Crippen LogP contribution is 2.31. The number of carbonyl (C=O) groups excluding carboxylic acids is 1. The highest BCUT2D eigenvalue weighted by Gasteiger charge is 2.24. The van der Waals surface area contributed by atoms with E-state index in [1.54, 1.807) is 11.3 Å². The maximum absolute atomic E-state index is 11.5. The first-order chi connectivity index (χ1) is 12.1. The zero-order valence-electron chi connectivity index (χ0n) is 15.3. The minimum atomic E-state index is -0.294. The van der Waals surface area contributed by atoms with Crippen LogP contribution in [-0.2, 0) is 9.53 Å². The fourth-order valence-corrected chi connectivity index (χ4v) is 4.24. The van der Waals surface area contributed by atoms with Crippen molar-refractivity contribution in [2.24, 2.45) is 0 Å². The smallest absolute Gasteiger partial charge is 0.187 e. The number of carbonyl (C=O) groups is 1. The molecule has 0 aliphatic heterocycles.